The third-order valence-electron chi connectivity index (χ3n) is 6.89. The molecule has 4 N–H and O–H groups in total. The molecule has 38 heavy (non-hydrogen) atoms. The molecule has 10 nitrogen and oxygen atoms in total. The summed E-state index contributed by atoms with van der Waals surface area (Å²) in [6.45, 7) is 2.42. The fourth-order valence-electron chi connectivity index (χ4n) is 4.36. The molecule has 2 unspecified atom stereocenters. The highest BCUT2D eigenvalue weighted by Crippen LogP contribution is 2.46. The molecule has 6 atom stereocenters. The lowest BCUT2D eigenvalue weighted by Crippen LogP contribution is -2.53. The van der Waals surface area contributed by atoms with E-state index in [4.69, 9.17) is 23.3 Å². The summed E-state index contributed by atoms with van der Waals surface area (Å²) in [5, 5.41) is 28.9. The van der Waals surface area contributed by atoms with Crippen molar-refractivity contribution < 1.29 is 48.0 Å². The van der Waals surface area contributed by atoms with Crippen molar-refractivity contribution in [2.75, 3.05) is 33.5 Å². The first kappa shape index (κ1) is 35.9. The van der Waals surface area contributed by atoms with Crippen molar-refractivity contribution in [3.63, 3.8) is 0 Å². The van der Waals surface area contributed by atoms with Crippen LogP contribution < -0.4 is 0 Å². The molecule has 0 bridgehead atoms. The first-order valence-electron chi connectivity index (χ1n) is 14.7. The van der Waals surface area contributed by atoms with Crippen LogP contribution in [0.5, 0.6) is 0 Å². The van der Waals surface area contributed by atoms with E-state index < -0.39 is 38.5 Å². The van der Waals surface area contributed by atoms with Gasteiger partial charge in [-0.05, 0) is 6.42 Å². The van der Waals surface area contributed by atoms with Gasteiger partial charge in [0.25, 0.3) is 0 Å². The molecular weight excluding hydrogens is 515 g/mol. The van der Waals surface area contributed by atoms with E-state index in [1.54, 1.807) is 0 Å². The Labute approximate surface area is 230 Å². The van der Waals surface area contributed by atoms with E-state index in [0.717, 1.165) is 12.8 Å². The third-order valence-corrected chi connectivity index (χ3v) is 7.84. The fourth-order valence-corrected chi connectivity index (χ4v) is 5.23. The van der Waals surface area contributed by atoms with Crippen LogP contribution in [-0.4, -0.2) is 84.5 Å². The summed E-state index contributed by atoms with van der Waals surface area (Å²) < 4.78 is 37.7. The topological polar surface area (TPSA) is 144 Å². The second-order valence-corrected chi connectivity index (χ2v) is 11.8. The average molecular weight is 571 g/mol. The van der Waals surface area contributed by atoms with Crippen LogP contribution >= 0.6 is 7.82 Å². The minimum absolute atomic E-state index is 0.197. The number of phosphoric ester groups is 1. The predicted molar refractivity (Wildman–Crippen MR) is 146 cm³/mol. The maximum atomic E-state index is 12.2. The third kappa shape index (κ3) is 17.5. The number of phosphoric acid groups is 1. The van der Waals surface area contributed by atoms with E-state index in [-0.39, 0.29) is 19.8 Å². The highest BCUT2D eigenvalue weighted by atomic mass is 31.2. The van der Waals surface area contributed by atoms with Crippen molar-refractivity contribution in [1.29, 1.82) is 0 Å². The van der Waals surface area contributed by atoms with Gasteiger partial charge in [-0.1, -0.05) is 103 Å². The second kappa shape index (κ2) is 22.5. The Morgan fingerprint density at radius 3 is 1.79 bits per heavy atom. The highest BCUT2D eigenvalue weighted by molar-refractivity contribution is 7.47. The Bertz CT molecular complexity index is 596. The average Bonchev–Trinajstić information content (AvgIpc) is 2.90. The van der Waals surface area contributed by atoms with Gasteiger partial charge in [-0.2, -0.15) is 0 Å². The van der Waals surface area contributed by atoms with Gasteiger partial charge in [0, 0.05) is 13.7 Å². The molecule has 1 saturated heterocycles. The lowest BCUT2D eigenvalue weighted by atomic mass is 10.0. The summed E-state index contributed by atoms with van der Waals surface area (Å²) in [7, 11) is -3.16. The Hall–Kier alpha value is -0.130. The minimum Gasteiger partial charge on any atom is -0.388 e. The largest absolute Gasteiger partial charge is 0.474 e. The van der Waals surface area contributed by atoms with Crippen LogP contribution in [-0.2, 0) is 27.8 Å². The number of rotatable bonds is 25. The molecule has 228 valence electrons. The van der Waals surface area contributed by atoms with E-state index in [2.05, 4.69) is 6.92 Å². The number of hydrogen-bond acceptors (Lipinski definition) is 9. The molecule has 0 radical (unpaired) electrons. The van der Waals surface area contributed by atoms with Crippen LogP contribution in [0.4, 0.5) is 0 Å². The summed E-state index contributed by atoms with van der Waals surface area (Å²) >= 11 is 0. The van der Waals surface area contributed by atoms with Gasteiger partial charge in [-0.25, -0.2) is 4.57 Å². The van der Waals surface area contributed by atoms with Gasteiger partial charge < -0.3 is 34.4 Å². The predicted octanol–water partition coefficient (Wildman–Crippen LogP) is 4.85. The number of hydrogen-bond donors (Lipinski definition) is 4. The minimum atomic E-state index is -4.60. The molecule has 1 heterocycles. The van der Waals surface area contributed by atoms with Crippen LogP contribution in [0.15, 0.2) is 0 Å². The maximum absolute atomic E-state index is 12.2. The fraction of sp³-hybridized carbons (Fsp3) is 1.00. The normalized spacial score (nSPS) is 24.4. The second-order valence-electron chi connectivity index (χ2n) is 10.4. The van der Waals surface area contributed by atoms with E-state index in [9.17, 15) is 24.8 Å². The van der Waals surface area contributed by atoms with Crippen LogP contribution in [0.1, 0.15) is 110 Å². The van der Waals surface area contributed by atoms with Crippen molar-refractivity contribution >= 4 is 7.82 Å². The Kier molecular flexibility index (Phi) is 21.3. The van der Waals surface area contributed by atoms with Gasteiger partial charge in [0.05, 0.1) is 19.8 Å². The van der Waals surface area contributed by atoms with E-state index in [1.807, 2.05) is 0 Å². The van der Waals surface area contributed by atoms with Crippen LogP contribution in [0.2, 0.25) is 0 Å². The zero-order valence-electron chi connectivity index (χ0n) is 23.7. The summed E-state index contributed by atoms with van der Waals surface area (Å²) in [4.78, 5) is 9.89. The van der Waals surface area contributed by atoms with Gasteiger partial charge in [0.1, 0.15) is 24.4 Å². The summed E-state index contributed by atoms with van der Waals surface area (Å²) in [6, 6.07) is 0. The number of aliphatic hydroxyl groups excluding tert-OH is 3. The van der Waals surface area contributed by atoms with E-state index >= 15 is 0 Å². The quantitative estimate of drug-likeness (QED) is 0.0888. The number of methoxy groups -OCH3 is 1. The monoisotopic (exact) mass is 570 g/mol. The molecule has 0 aromatic carbocycles. The van der Waals surface area contributed by atoms with Gasteiger partial charge >= 0.3 is 7.82 Å². The zero-order valence-corrected chi connectivity index (χ0v) is 24.6. The highest BCUT2D eigenvalue weighted by Gasteiger charge is 2.42. The first-order valence-corrected chi connectivity index (χ1v) is 16.2. The molecule has 1 fully saturated rings. The summed E-state index contributed by atoms with van der Waals surface area (Å²) in [6.07, 6.45) is 14.2. The van der Waals surface area contributed by atoms with Crippen molar-refractivity contribution in [3.8, 4) is 0 Å². The van der Waals surface area contributed by atoms with Crippen molar-refractivity contribution in [3.05, 3.63) is 0 Å². The molecule has 0 spiro atoms. The standard InChI is InChI=1S/C27H55O10P/c1-3-4-5-6-7-8-9-10-11-12-13-14-15-16-17-18-19-34-20-23(33-2)21-36-38(31,32)37-27-26(30)25(29)24(28)22-35-27/h23-30H,3-22H2,1-2H3,(H,31,32)/t23?,24-,25-,26-,27+/m1/s1. The van der Waals surface area contributed by atoms with Crippen molar-refractivity contribution in [1.82, 2.24) is 0 Å². The lowest BCUT2D eigenvalue weighted by molar-refractivity contribution is -0.246. The Morgan fingerprint density at radius 2 is 1.29 bits per heavy atom. The Balaban J connectivity index is 1.96. The van der Waals surface area contributed by atoms with Crippen LogP contribution in [0.25, 0.3) is 0 Å². The maximum Gasteiger partial charge on any atom is 0.474 e. The summed E-state index contributed by atoms with van der Waals surface area (Å²) in [5.41, 5.74) is 0. The van der Waals surface area contributed by atoms with E-state index in [1.165, 1.54) is 97.0 Å². The smallest absolute Gasteiger partial charge is 0.388 e. The van der Waals surface area contributed by atoms with E-state index in [0.29, 0.717) is 6.61 Å². The number of ether oxygens (including phenoxy) is 3. The molecule has 0 saturated carbocycles. The summed E-state index contributed by atoms with van der Waals surface area (Å²) in [5.74, 6) is 0. The van der Waals surface area contributed by atoms with Gasteiger partial charge in [-0.15, -0.1) is 0 Å². The van der Waals surface area contributed by atoms with Crippen LogP contribution in [0.3, 0.4) is 0 Å². The molecule has 1 aliphatic heterocycles. The molecule has 11 heteroatoms. The number of aliphatic hydroxyl groups is 3. The van der Waals surface area contributed by atoms with Crippen molar-refractivity contribution in [2.45, 2.75) is 140 Å². The molecular formula is C27H55O10P. The van der Waals surface area contributed by atoms with Gasteiger partial charge in [-0.3, -0.25) is 9.05 Å². The molecule has 1 aliphatic rings. The number of unbranched alkanes of at least 4 members (excludes halogenated alkanes) is 15. The molecule has 1 rings (SSSR count). The lowest BCUT2D eigenvalue weighted by Gasteiger charge is -2.35. The molecule has 0 aromatic rings. The SMILES string of the molecule is CCCCCCCCCCCCCCCCCCOCC(COP(=O)(O)O[C@@H]1OC[C@@H](O)[C@@H](O)[C@H]1O)OC. The van der Waals surface area contributed by atoms with Gasteiger partial charge in [0.15, 0.2) is 6.29 Å². The zero-order chi connectivity index (χ0) is 28.1. The molecule has 0 aromatic heterocycles. The van der Waals surface area contributed by atoms with Gasteiger partial charge in [0.2, 0.25) is 0 Å². The first-order chi connectivity index (χ1) is 18.3. The Morgan fingerprint density at radius 1 is 0.789 bits per heavy atom. The molecule has 0 aliphatic carbocycles. The van der Waals surface area contributed by atoms with Crippen molar-refractivity contribution in [2.24, 2.45) is 0 Å². The van der Waals surface area contributed by atoms with Crippen LogP contribution in [0, 0.1) is 0 Å². The molecule has 0 amide bonds.